The number of hydrogen-bond acceptors (Lipinski definition) is 3. The van der Waals surface area contributed by atoms with Gasteiger partial charge in [-0.05, 0) is 33.1 Å². The van der Waals surface area contributed by atoms with Gasteiger partial charge in [-0.2, -0.15) is 0 Å². The van der Waals surface area contributed by atoms with E-state index in [0.29, 0.717) is 6.42 Å². The predicted molar refractivity (Wildman–Crippen MR) is 59.3 cm³/mol. The molecule has 4 nitrogen and oxygen atoms in total. The van der Waals surface area contributed by atoms with Crippen molar-refractivity contribution in [1.82, 2.24) is 5.32 Å². The fourth-order valence-corrected chi connectivity index (χ4v) is 2.74. The van der Waals surface area contributed by atoms with Crippen molar-refractivity contribution in [3.63, 3.8) is 0 Å². The van der Waals surface area contributed by atoms with Gasteiger partial charge in [0, 0.05) is 12.5 Å². The Labute approximate surface area is 91.4 Å². The summed E-state index contributed by atoms with van der Waals surface area (Å²) in [7, 11) is -3.00. The van der Waals surface area contributed by atoms with Crippen LogP contribution in [0.2, 0.25) is 0 Å². The van der Waals surface area contributed by atoms with Crippen molar-refractivity contribution < 1.29 is 13.2 Å². The van der Waals surface area contributed by atoms with Gasteiger partial charge in [0.2, 0.25) is 5.91 Å². The van der Waals surface area contributed by atoms with Crippen LogP contribution >= 0.6 is 0 Å². The molecule has 5 heteroatoms. The van der Waals surface area contributed by atoms with Crippen LogP contribution in [0.25, 0.3) is 0 Å². The van der Waals surface area contributed by atoms with E-state index in [4.69, 9.17) is 0 Å². The van der Waals surface area contributed by atoms with E-state index < -0.39 is 9.84 Å². The molecule has 0 aromatic rings. The van der Waals surface area contributed by atoms with Crippen LogP contribution in [0.1, 0.15) is 33.1 Å². The lowest BCUT2D eigenvalue weighted by atomic mass is 9.96. The smallest absolute Gasteiger partial charge is 0.223 e. The molecule has 1 aliphatic heterocycles. The summed E-state index contributed by atoms with van der Waals surface area (Å²) in [6.07, 6.45) is 2.24. The van der Waals surface area contributed by atoms with Gasteiger partial charge in [0.15, 0.2) is 9.84 Å². The first-order chi connectivity index (χ1) is 6.93. The predicted octanol–water partition coefficient (Wildman–Crippen LogP) is 0.726. The van der Waals surface area contributed by atoms with Crippen LogP contribution in [0.15, 0.2) is 0 Å². The highest BCUT2D eigenvalue weighted by Gasteiger charge is 2.25. The molecule has 0 aliphatic carbocycles. The number of nitrogens with one attached hydrogen (secondary N) is 1. The number of rotatable bonds is 4. The number of piperidine rings is 1. The van der Waals surface area contributed by atoms with Crippen molar-refractivity contribution in [3.8, 4) is 0 Å². The van der Waals surface area contributed by atoms with E-state index in [9.17, 15) is 13.2 Å². The summed E-state index contributed by atoms with van der Waals surface area (Å²) in [5.41, 5.74) is 0. The van der Waals surface area contributed by atoms with E-state index in [1.807, 2.05) is 0 Å². The van der Waals surface area contributed by atoms with Crippen LogP contribution in [-0.4, -0.2) is 31.9 Å². The van der Waals surface area contributed by atoms with Gasteiger partial charge < -0.3 is 5.32 Å². The van der Waals surface area contributed by atoms with Crippen molar-refractivity contribution in [2.75, 3.05) is 12.3 Å². The monoisotopic (exact) mass is 233 g/mol. The molecule has 0 bridgehead atoms. The minimum absolute atomic E-state index is 0.0141. The molecule has 1 fully saturated rings. The molecule has 1 N–H and O–H groups in total. The van der Waals surface area contributed by atoms with Crippen molar-refractivity contribution in [1.29, 1.82) is 0 Å². The van der Waals surface area contributed by atoms with Gasteiger partial charge in [-0.3, -0.25) is 4.79 Å². The number of amides is 1. The fourth-order valence-electron chi connectivity index (χ4n) is 1.65. The van der Waals surface area contributed by atoms with Gasteiger partial charge in [0.1, 0.15) is 0 Å². The summed E-state index contributed by atoms with van der Waals surface area (Å²) in [5, 5.41) is 2.42. The highest BCUT2D eigenvalue weighted by molar-refractivity contribution is 7.91. The molecule has 1 amide bonds. The Hall–Kier alpha value is -0.580. The number of carbonyl (C=O) groups excluding carboxylic acids is 1. The minimum Gasteiger partial charge on any atom is -0.356 e. The van der Waals surface area contributed by atoms with Crippen LogP contribution in [0.3, 0.4) is 0 Å². The van der Waals surface area contributed by atoms with E-state index in [2.05, 4.69) is 5.32 Å². The fraction of sp³-hybridized carbons (Fsp3) is 0.900. The lowest BCUT2D eigenvalue weighted by molar-refractivity contribution is -0.126. The van der Waals surface area contributed by atoms with Gasteiger partial charge in [-0.15, -0.1) is 0 Å². The second-order valence-corrected chi connectivity index (χ2v) is 7.01. The van der Waals surface area contributed by atoms with Crippen molar-refractivity contribution in [3.05, 3.63) is 0 Å². The first-order valence-corrected chi connectivity index (χ1v) is 7.14. The molecule has 1 heterocycles. The van der Waals surface area contributed by atoms with E-state index in [1.165, 1.54) is 0 Å². The van der Waals surface area contributed by atoms with Gasteiger partial charge in [-0.25, -0.2) is 8.42 Å². The molecule has 0 spiro atoms. The van der Waals surface area contributed by atoms with E-state index in [0.717, 1.165) is 19.4 Å². The third kappa shape index (κ3) is 3.48. The molecule has 88 valence electrons. The zero-order valence-electron chi connectivity index (χ0n) is 9.32. The molecule has 0 aromatic heterocycles. The third-order valence-electron chi connectivity index (χ3n) is 2.87. The summed E-state index contributed by atoms with van der Waals surface area (Å²) in [6, 6.07) is 0. The third-order valence-corrected chi connectivity index (χ3v) is 5.11. The molecule has 15 heavy (non-hydrogen) atoms. The SMILES string of the molecule is CC(C)S(=O)(=O)CCC1CCCNC1=O. The molecule has 1 atom stereocenters. The summed E-state index contributed by atoms with van der Waals surface area (Å²) in [6.45, 7) is 4.08. The topological polar surface area (TPSA) is 63.2 Å². The van der Waals surface area contributed by atoms with Gasteiger partial charge in [0.05, 0.1) is 11.0 Å². The maximum absolute atomic E-state index is 11.5. The van der Waals surface area contributed by atoms with Crippen molar-refractivity contribution >= 4 is 15.7 Å². The second-order valence-electron chi connectivity index (χ2n) is 4.33. The maximum Gasteiger partial charge on any atom is 0.223 e. The van der Waals surface area contributed by atoms with Crippen LogP contribution < -0.4 is 5.32 Å². The maximum atomic E-state index is 11.5. The normalized spacial score (nSPS) is 22.9. The molecule has 1 aliphatic rings. The number of carbonyl (C=O) groups is 1. The number of hydrogen-bond donors (Lipinski definition) is 1. The largest absolute Gasteiger partial charge is 0.356 e. The van der Waals surface area contributed by atoms with E-state index in [-0.39, 0.29) is 22.8 Å². The Bertz CT molecular complexity index is 322. The minimum atomic E-state index is -3.00. The Kier molecular flexibility index (Phi) is 4.13. The van der Waals surface area contributed by atoms with Crippen LogP contribution in [0.5, 0.6) is 0 Å². The lowest BCUT2D eigenvalue weighted by Gasteiger charge is -2.21. The second kappa shape index (κ2) is 4.96. The molecule has 0 radical (unpaired) electrons. The quantitative estimate of drug-likeness (QED) is 0.778. The molecule has 0 saturated carbocycles. The molecule has 1 rings (SSSR count). The van der Waals surface area contributed by atoms with E-state index in [1.54, 1.807) is 13.8 Å². The number of sulfone groups is 1. The first-order valence-electron chi connectivity index (χ1n) is 5.43. The zero-order valence-corrected chi connectivity index (χ0v) is 10.1. The summed E-state index contributed by atoms with van der Waals surface area (Å²) >= 11 is 0. The highest BCUT2D eigenvalue weighted by Crippen LogP contribution is 2.17. The molecule has 1 unspecified atom stereocenters. The van der Waals surface area contributed by atoms with Crippen LogP contribution in [-0.2, 0) is 14.6 Å². The molecular formula is C10H19NO3S. The Morgan fingerprint density at radius 1 is 1.47 bits per heavy atom. The van der Waals surface area contributed by atoms with Crippen LogP contribution in [0, 0.1) is 5.92 Å². The summed E-state index contributed by atoms with van der Waals surface area (Å²) in [5.74, 6) is 0.0374. The Morgan fingerprint density at radius 2 is 2.13 bits per heavy atom. The van der Waals surface area contributed by atoms with Gasteiger partial charge >= 0.3 is 0 Å². The van der Waals surface area contributed by atoms with Crippen molar-refractivity contribution in [2.45, 2.75) is 38.4 Å². The lowest BCUT2D eigenvalue weighted by Crippen LogP contribution is -2.37. The Morgan fingerprint density at radius 3 is 2.67 bits per heavy atom. The molecule has 1 saturated heterocycles. The average Bonchev–Trinajstić information content (AvgIpc) is 2.16. The Balaban J connectivity index is 2.46. The standard InChI is InChI=1S/C10H19NO3S/c1-8(2)15(13,14)7-5-9-4-3-6-11-10(9)12/h8-9H,3-7H2,1-2H3,(H,11,12). The molecular weight excluding hydrogens is 214 g/mol. The summed E-state index contributed by atoms with van der Waals surface area (Å²) in [4.78, 5) is 11.4. The van der Waals surface area contributed by atoms with Gasteiger partial charge in [-0.1, -0.05) is 0 Å². The highest BCUT2D eigenvalue weighted by atomic mass is 32.2. The van der Waals surface area contributed by atoms with Gasteiger partial charge in [0.25, 0.3) is 0 Å². The molecule has 0 aromatic carbocycles. The van der Waals surface area contributed by atoms with Crippen molar-refractivity contribution in [2.24, 2.45) is 5.92 Å². The summed E-state index contributed by atoms with van der Waals surface area (Å²) < 4.78 is 23.1. The first kappa shape index (κ1) is 12.5. The van der Waals surface area contributed by atoms with E-state index >= 15 is 0 Å². The zero-order chi connectivity index (χ0) is 11.5. The average molecular weight is 233 g/mol. The van der Waals surface area contributed by atoms with Crippen LogP contribution in [0.4, 0.5) is 0 Å².